The number of hydrogen-bond acceptors (Lipinski definition) is 2. The normalized spacial score (nSPS) is 10.8. The third kappa shape index (κ3) is 2.86. The molecule has 0 spiro atoms. The number of fused-ring (bicyclic) bond motifs is 1. The van der Waals surface area contributed by atoms with E-state index in [-0.39, 0.29) is 0 Å². The summed E-state index contributed by atoms with van der Waals surface area (Å²) in [4.78, 5) is 4.55. The highest BCUT2D eigenvalue weighted by molar-refractivity contribution is 6.18. The molecular formula is C18H16ClNO. The van der Waals surface area contributed by atoms with Gasteiger partial charge in [0.2, 0.25) is 5.88 Å². The van der Waals surface area contributed by atoms with Gasteiger partial charge in [-0.1, -0.05) is 24.3 Å². The molecule has 0 aliphatic rings. The molecule has 3 heteroatoms. The van der Waals surface area contributed by atoms with Crippen LogP contribution in [0.2, 0.25) is 0 Å². The predicted octanol–water partition coefficient (Wildman–Crippen LogP) is 5.38. The standard InChI is InChI=1S/C18H16ClNO/c1-12-7-8-15(9-13(12)2)21-18-10-14(11-19)16-5-3-4-6-17(16)20-18/h3-10H,11H2,1-2H3. The molecule has 2 aromatic carbocycles. The maximum Gasteiger partial charge on any atom is 0.220 e. The van der Waals surface area contributed by atoms with Crippen LogP contribution in [0.15, 0.2) is 48.5 Å². The number of aromatic nitrogens is 1. The molecule has 106 valence electrons. The Morgan fingerprint density at radius 3 is 2.57 bits per heavy atom. The third-order valence-electron chi connectivity index (χ3n) is 3.62. The summed E-state index contributed by atoms with van der Waals surface area (Å²) >= 11 is 6.04. The lowest BCUT2D eigenvalue weighted by Gasteiger charge is -2.10. The maximum atomic E-state index is 6.04. The van der Waals surface area contributed by atoms with Crippen molar-refractivity contribution in [3.8, 4) is 11.6 Å². The fraction of sp³-hybridized carbons (Fsp3) is 0.167. The molecule has 0 aliphatic carbocycles. The molecule has 0 atom stereocenters. The van der Waals surface area contributed by atoms with Crippen LogP contribution >= 0.6 is 11.6 Å². The van der Waals surface area contributed by atoms with E-state index in [1.807, 2.05) is 48.5 Å². The van der Waals surface area contributed by atoms with E-state index in [2.05, 4.69) is 18.8 Å². The lowest BCUT2D eigenvalue weighted by atomic mass is 10.1. The average molecular weight is 298 g/mol. The molecule has 21 heavy (non-hydrogen) atoms. The van der Waals surface area contributed by atoms with Gasteiger partial charge in [0.1, 0.15) is 5.75 Å². The lowest BCUT2D eigenvalue weighted by molar-refractivity contribution is 0.464. The zero-order valence-electron chi connectivity index (χ0n) is 12.1. The monoisotopic (exact) mass is 297 g/mol. The first-order valence-corrected chi connectivity index (χ1v) is 7.40. The number of ether oxygens (including phenoxy) is 1. The van der Waals surface area contributed by atoms with Crippen LogP contribution in [-0.4, -0.2) is 4.98 Å². The molecule has 2 nitrogen and oxygen atoms in total. The molecule has 1 aromatic heterocycles. The van der Waals surface area contributed by atoms with Crippen molar-refractivity contribution in [2.75, 3.05) is 0 Å². The van der Waals surface area contributed by atoms with Crippen molar-refractivity contribution < 1.29 is 4.74 Å². The molecule has 3 aromatic rings. The number of benzene rings is 2. The van der Waals surface area contributed by atoms with Crippen LogP contribution in [0.25, 0.3) is 10.9 Å². The smallest absolute Gasteiger partial charge is 0.220 e. The van der Waals surface area contributed by atoms with E-state index in [0.717, 1.165) is 22.2 Å². The summed E-state index contributed by atoms with van der Waals surface area (Å²) in [5.41, 5.74) is 4.37. The summed E-state index contributed by atoms with van der Waals surface area (Å²) < 4.78 is 5.90. The summed E-state index contributed by atoms with van der Waals surface area (Å²) in [6, 6.07) is 15.9. The largest absolute Gasteiger partial charge is 0.439 e. The molecule has 0 saturated heterocycles. The topological polar surface area (TPSA) is 22.1 Å². The van der Waals surface area contributed by atoms with E-state index in [0.29, 0.717) is 11.8 Å². The minimum atomic E-state index is 0.437. The zero-order chi connectivity index (χ0) is 14.8. The summed E-state index contributed by atoms with van der Waals surface area (Å²) in [5.74, 6) is 1.81. The zero-order valence-corrected chi connectivity index (χ0v) is 12.8. The predicted molar refractivity (Wildman–Crippen MR) is 87.3 cm³/mol. The Morgan fingerprint density at radius 2 is 1.81 bits per heavy atom. The lowest BCUT2D eigenvalue weighted by Crippen LogP contribution is -1.93. The Balaban J connectivity index is 2.02. The van der Waals surface area contributed by atoms with Crippen LogP contribution in [0, 0.1) is 13.8 Å². The SMILES string of the molecule is Cc1ccc(Oc2cc(CCl)c3ccccc3n2)cc1C. The van der Waals surface area contributed by atoms with Gasteiger partial charge in [-0.2, -0.15) is 0 Å². The number of para-hydroxylation sites is 1. The molecule has 0 N–H and O–H groups in total. The van der Waals surface area contributed by atoms with Crippen molar-refractivity contribution >= 4 is 22.5 Å². The van der Waals surface area contributed by atoms with Crippen molar-refractivity contribution in [3.63, 3.8) is 0 Å². The van der Waals surface area contributed by atoms with Gasteiger partial charge in [-0.25, -0.2) is 4.98 Å². The molecule has 0 bridgehead atoms. The van der Waals surface area contributed by atoms with Crippen LogP contribution in [0.5, 0.6) is 11.6 Å². The summed E-state index contributed by atoms with van der Waals surface area (Å²) in [5, 5.41) is 1.07. The number of hydrogen-bond donors (Lipinski definition) is 0. The van der Waals surface area contributed by atoms with Crippen molar-refractivity contribution in [1.82, 2.24) is 4.98 Å². The highest BCUT2D eigenvalue weighted by atomic mass is 35.5. The van der Waals surface area contributed by atoms with Crippen LogP contribution in [-0.2, 0) is 5.88 Å². The minimum Gasteiger partial charge on any atom is -0.439 e. The molecule has 0 amide bonds. The molecule has 0 unspecified atom stereocenters. The Kier molecular flexibility index (Phi) is 3.80. The van der Waals surface area contributed by atoms with Gasteiger partial charge in [0.15, 0.2) is 0 Å². The Hall–Kier alpha value is -2.06. The number of pyridine rings is 1. The van der Waals surface area contributed by atoms with Crippen molar-refractivity contribution in [2.45, 2.75) is 19.7 Å². The first-order chi connectivity index (χ1) is 10.2. The summed E-state index contributed by atoms with van der Waals surface area (Å²) in [6.45, 7) is 4.15. The van der Waals surface area contributed by atoms with E-state index in [1.54, 1.807) is 0 Å². The molecule has 0 aliphatic heterocycles. The first kappa shape index (κ1) is 13.9. The van der Waals surface area contributed by atoms with Gasteiger partial charge in [0, 0.05) is 17.3 Å². The van der Waals surface area contributed by atoms with Gasteiger partial charge >= 0.3 is 0 Å². The van der Waals surface area contributed by atoms with Gasteiger partial charge in [-0.05, 0) is 48.7 Å². The average Bonchev–Trinajstić information content (AvgIpc) is 2.50. The second-order valence-electron chi connectivity index (χ2n) is 5.12. The van der Waals surface area contributed by atoms with E-state index >= 15 is 0 Å². The van der Waals surface area contributed by atoms with Crippen molar-refractivity contribution in [1.29, 1.82) is 0 Å². The molecule has 0 saturated carbocycles. The number of rotatable bonds is 3. The van der Waals surface area contributed by atoms with E-state index in [4.69, 9.17) is 16.3 Å². The highest BCUT2D eigenvalue weighted by Crippen LogP contribution is 2.27. The van der Waals surface area contributed by atoms with Crippen molar-refractivity contribution in [3.05, 3.63) is 65.2 Å². The number of aryl methyl sites for hydroxylation is 2. The Labute approximate surface area is 129 Å². The van der Waals surface area contributed by atoms with E-state index in [1.165, 1.54) is 11.1 Å². The number of halogens is 1. The quantitative estimate of drug-likeness (QED) is 0.605. The molecular weight excluding hydrogens is 282 g/mol. The van der Waals surface area contributed by atoms with Crippen LogP contribution in [0.4, 0.5) is 0 Å². The highest BCUT2D eigenvalue weighted by Gasteiger charge is 2.07. The maximum absolute atomic E-state index is 6.04. The van der Waals surface area contributed by atoms with Gasteiger partial charge < -0.3 is 4.74 Å². The number of nitrogens with zero attached hydrogens (tertiary/aromatic N) is 1. The second-order valence-corrected chi connectivity index (χ2v) is 5.39. The van der Waals surface area contributed by atoms with Gasteiger partial charge in [0.05, 0.1) is 5.52 Å². The van der Waals surface area contributed by atoms with Crippen LogP contribution < -0.4 is 4.74 Å². The fourth-order valence-electron chi connectivity index (χ4n) is 2.28. The van der Waals surface area contributed by atoms with E-state index < -0.39 is 0 Å². The van der Waals surface area contributed by atoms with Gasteiger partial charge in [-0.3, -0.25) is 0 Å². The van der Waals surface area contributed by atoms with Gasteiger partial charge in [-0.15, -0.1) is 11.6 Å². The summed E-state index contributed by atoms with van der Waals surface area (Å²) in [7, 11) is 0. The fourth-order valence-corrected chi connectivity index (χ4v) is 2.50. The molecule has 3 rings (SSSR count). The number of alkyl halides is 1. The van der Waals surface area contributed by atoms with Gasteiger partial charge in [0.25, 0.3) is 0 Å². The van der Waals surface area contributed by atoms with Crippen LogP contribution in [0.1, 0.15) is 16.7 Å². The Morgan fingerprint density at radius 1 is 1.00 bits per heavy atom. The minimum absolute atomic E-state index is 0.437. The second kappa shape index (κ2) is 5.74. The molecule has 1 heterocycles. The first-order valence-electron chi connectivity index (χ1n) is 6.87. The third-order valence-corrected chi connectivity index (χ3v) is 3.91. The summed E-state index contributed by atoms with van der Waals surface area (Å²) in [6.07, 6.45) is 0. The van der Waals surface area contributed by atoms with Crippen LogP contribution in [0.3, 0.4) is 0 Å². The molecule has 0 fully saturated rings. The van der Waals surface area contributed by atoms with E-state index in [9.17, 15) is 0 Å². The van der Waals surface area contributed by atoms with Crippen molar-refractivity contribution in [2.24, 2.45) is 0 Å². The Bertz CT molecular complexity index is 798. The molecule has 0 radical (unpaired) electrons.